The molecule has 0 atom stereocenters. The predicted octanol–water partition coefficient (Wildman–Crippen LogP) is 7.20. The Labute approximate surface area is 219 Å². The van der Waals surface area contributed by atoms with Crippen LogP contribution >= 0.6 is 0 Å². The fourth-order valence-electron chi connectivity index (χ4n) is 5.75. The van der Waals surface area contributed by atoms with E-state index in [1.807, 2.05) is 24.4 Å². The molecule has 5 nitrogen and oxygen atoms in total. The third-order valence-electron chi connectivity index (χ3n) is 8.29. The average molecular weight is 490 g/mol. The number of aromatic amines is 1. The second-order valence-corrected chi connectivity index (χ2v) is 10.6. The highest BCUT2D eigenvalue weighted by atomic mass is 15.2. The Morgan fingerprint density at radius 3 is 2.41 bits per heavy atom. The summed E-state index contributed by atoms with van der Waals surface area (Å²) in [7, 11) is 0. The fourth-order valence-corrected chi connectivity index (χ4v) is 5.75. The van der Waals surface area contributed by atoms with E-state index in [4.69, 9.17) is 15.7 Å². The Morgan fingerprint density at radius 1 is 1.00 bits per heavy atom. The predicted molar refractivity (Wildman–Crippen MR) is 152 cm³/mol. The summed E-state index contributed by atoms with van der Waals surface area (Å²) >= 11 is 0. The van der Waals surface area contributed by atoms with Gasteiger partial charge >= 0.3 is 0 Å². The number of nitrogens with one attached hydrogen (secondary N) is 1. The van der Waals surface area contributed by atoms with Crippen molar-refractivity contribution in [3.05, 3.63) is 101 Å². The number of hydrogen-bond donors (Lipinski definition) is 2. The maximum atomic E-state index is 6.67. The molecule has 188 valence electrons. The molecular formula is C32H35N5. The van der Waals surface area contributed by atoms with Gasteiger partial charge in [0.25, 0.3) is 0 Å². The number of nitrogens with zero attached hydrogens (tertiary/aromatic N) is 3. The van der Waals surface area contributed by atoms with Crippen molar-refractivity contribution in [3.8, 4) is 11.4 Å². The third-order valence-corrected chi connectivity index (χ3v) is 8.29. The number of nitrogens with two attached hydrogens (primary N) is 1. The number of hydrogen-bond acceptors (Lipinski definition) is 4. The molecule has 3 heterocycles. The molecule has 1 aliphatic carbocycles. The summed E-state index contributed by atoms with van der Waals surface area (Å²) in [5.41, 5.74) is 17.3. The van der Waals surface area contributed by atoms with Gasteiger partial charge in [0.15, 0.2) is 5.82 Å². The van der Waals surface area contributed by atoms with E-state index in [9.17, 15) is 0 Å². The monoisotopic (exact) mass is 489 g/mol. The number of anilines is 2. The minimum Gasteiger partial charge on any atom is -0.359 e. The molecule has 1 fully saturated rings. The van der Waals surface area contributed by atoms with Crippen molar-refractivity contribution >= 4 is 17.2 Å². The molecule has 1 aliphatic heterocycles. The number of aryl methyl sites for hydroxylation is 2. The van der Waals surface area contributed by atoms with E-state index < -0.39 is 0 Å². The standard InChI is InChI=1S/C32H35N5/c1-4-23-19-34-28(22(23)3)29-21(2)11-12-25-20-35-30(24-9-6-5-7-10-24)36-31(25)37(29)27-15-13-26(14-16-27)32(33)17-8-18-32/h5-7,9-10,13-16,19-20,34H,4,8,11-12,17-18,33H2,1-3H3. The number of H-pyrrole nitrogens is 1. The van der Waals surface area contributed by atoms with Gasteiger partial charge in [-0.1, -0.05) is 49.4 Å². The quantitative estimate of drug-likeness (QED) is 0.311. The Hall–Kier alpha value is -3.70. The van der Waals surface area contributed by atoms with Crippen molar-refractivity contribution in [1.29, 1.82) is 0 Å². The zero-order chi connectivity index (χ0) is 25.6. The molecule has 2 aliphatic rings. The van der Waals surface area contributed by atoms with Crippen LogP contribution in [0.4, 0.5) is 11.5 Å². The van der Waals surface area contributed by atoms with Crippen LogP contribution in [0.3, 0.4) is 0 Å². The van der Waals surface area contributed by atoms with Crippen LogP contribution in [0.25, 0.3) is 17.1 Å². The lowest BCUT2D eigenvalue weighted by Crippen LogP contribution is -2.43. The van der Waals surface area contributed by atoms with Gasteiger partial charge in [0.1, 0.15) is 5.82 Å². The maximum Gasteiger partial charge on any atom is 0.161 e. The fraction of sp³-hybridized carbons (Fsp3) is 0.312. The second kappa shape index (κ2) is 9.31. The van der Waals surface area contributed by atoms with Crippen molar-refractivity contribution in [1.82, 2.24) is 15.0 Å². The summed E-state index contributed by atoms with van der Waals surface area (Å²) in [5.74, 6) is 1.69. The molecule has 4 aromatic rings. The van der Waals surface area contributed by atoms with Gasteiger partial charge in [-0.3, -0.25) is 4.90 Å². The van der Waals surface area contributed by atoms with Crippen molar-refractivity contribution in [2.45, 2.75) is 64.8 Å². The number of fused-ring (bicyclic) bond motifs is 1. The summed E-state index contributed by atoms with van der Waals surface area (Å²) < 4.78 is 0. The van der Waals surface area contributed by atoms with Gasteiger partial charge in [-0.25, -0.2) is 9.97 Å². The van der Waals surface area contributed by atoms with Crippen LogP contribution in [0, 0.1) is 6.92 Å². The Balaban J connectivity index is 1.55. The van der Waals surface area contributed by atoms with Gasteiger partial charge in [-0.2, -0.15) is 0 Å². The molecule has 0 spiro atoms. The summed E-state index contributed by atoms with van der Waals surface area (Å²) in [6.45, 7) is 6.69. The third kappa shape index (κ3) is 4.08. The first-order chi connectivity index (χ1) is 18.0. The van der Waals surface area contributed by atoms with Gasteiger partial charge in [0, 0.05) is 34.7 Å². The van der Waals surface area contributed by atoms with E-state index >= 15 is 0 Å². The van der Waals surface area contributed by atoms with Crippen LogP contribution in [-0.2, 0) is 18.4 Å². The zero-order valence-corrected chi connectivity index (χ0v) is 22.0. The molecule has 6 rings (SSSR count). The van der Waals surface area contributed by atoms with Crippen LogP contribution in [0.15, 0.2) is 72.6 Å². The topological polar surface area (TPSA) is 70.8 Å². The van der Waals surface area contributed by atoms with E-state index in [-0.39, 0.29) is 5.54 Å². The Bertz CT molecular complexity index is 1460. The zero-order valence-electron chi connectivity index (χ0n) is 22.0. The number of rotatable bonds is 5. The first kappa shape index (κ1) is 23.7. The lowest BCUT2D eigenvalue weighted by Gasteiger charge is -2.39. The Morgan fingerprint density at radius 2 is 1.76 bits per heavy atom. The molecular weight excluding hydrogens is 454 g/mol. The van der Waals surface area contributed by atoms with Gasteiger partial charge in [0.2, 0.25) is 0 Å². The molecule has 1 saturated carbocycles. The molecule has 0 amide bonds. The molecule has 37 heavy (non-hydrogen) atoms. The van der Waals surface area contributed by atoms with Crippen molar-refractivity contribution in [2.75, 3.05) is 4.90 Å². The number of aromatic nitrogens is 3. The van der Waals surface area contributed by atoms with Gasteiger partial charge < -0.3 is 10.7 Å². The molecule has 0 unspecified atom stereocenters. The summed E-state index contributed by atoms with van der Waals surface area (Å²) in [6.07, 6.45) is 10.3. The van der Waals surface area contributed by atoms with Crippen LogP contribution in [-0.4, -0.2) is 15.0 Å². The van der Waals surface area contributed by atoms with Gasteiger partial charge in [-0.15, -0.1) is 0 Å². The van der Waals surface area contributed by atoms with Gasteiger partial charge in [-0.05, 0) is 86.8 Å². The van der Waals surface area contributed by atoms with E-state index in [0.717, 1.165) is 60.6 Å². The highest BCUT2D eigenvalue weighted by Gasteiger charge is 2.35. The lowest BCUT2D eigenvalue weighted by molar-refractivity contribution is 0.253. The first-order valence-corrected chi connectivity index (χ1v) is 13.5. The Kier molecular flexibility index (Phi) is 5.96. The van der Waals surface area contributed by atoms with E-state index in [1.165, 1.54) is 40.1 Å². The maximum absolute atomic E-state index is 6.67. The highest BCUT2D eigenvalue weighted by molar-refractivity contribution is 5.90. The molecule has 3 N–H and O–H groups in total. The molecule has 0 saturated heterocycles. The molecule has 2 aromatic carbocycles. The highest BCUT2D eigenvalue weighted by Crippen LogP contribution is 2.44. The van der Waals surface area contributed by atoms with Crippen molar-refractivity contribution in [3.63, 3.8) is 0 Å². The summed E-state index contributed by atoms with van der Waals surface area (Å²) in [4.78, 5) is 15.9. The normalized spacial score (nSPS) is 16.8. The number of benzene rings is 2. The van der Waals surface area contributed by atoms with Crippen LogP contribution in [0.1, 0.15) is 67.5 Å². The second-order valence-electron chi connectivity index (χ2n) is 10.6. The summed E-state index contributed by atoms with van der Waals surface area (Å²) in [5, 5.41) is 0. The minimum absolute atomic E-state index is 0.182. The molecule has 0 bridgehead atoms. The van der Waals surface area contributed by atoms with E-state index in [2.05, 4.69) is 73.3 Å². The van der Waals surface area contributed by atoms with Crippen LogP contribution < -0.4 is 10.6 Å². The van der Waals surface area contributed by atoms with Crippen molar-refractivity contribution < 1.29 is 0 Å². The lowest BCUT2D eigenvalue weighted by atomic mass is 9.73. The first-order valence-electron chi connectivity index (χ1n) is 13.5. The van der Waals surface area contributed by atoms with Crippen LogP contribution in [0.2, 0.25) is 0 Å². The largest absolute Gasteiger partial charge is 0.359 e. The van der Waals surface area contributed by atoms with Crippen LogP contribution in [0.5, 0.6) is 0 Å². The van der Waals surface area contributed by atoms with Crippen molar-refractivity contribution in [2.24, 2.45) is 5.73 Å². The number of allylic oxidation sites excluding steroid dienone is 1. The molecule has 0 radical (unpaired) electrons. The molecule has 2 aromatic heterocycles. The minimum atomic E-state index is -0.182. The van der Waals surface area contributed by atoms with E-state index in [0.29, 0.717) is 0 Å². The summed E-state index contributed by atoms with van der Waals surface area (Å²) in [6, 6.07) is 19.1. The van der Waals surface area contributed by atoms with E-state index in [1.54, 1.807) is 0 Å². The average Bonchev–Trinajstić information content (AvgIpc) is 3.22. The van der Waals surface area contributed by atoms with Gasteiger partial charge in [0.05, 0.1) is 11.4 Å². The smallest absolute Gasteiger partial charge is 0.161 e. The molecule has 5 heteroatoms. The SMILES string of the molecule is CCc1c[nH]c(C2=C(C)CCc3cnc(-c4ccccc4)nc3N2c2ccc(C3(N)CCC3)cc2)c1C.